The summed E-state index contributed by atoms with van der Waals surface area (Å²) in [6.07, 6.45) is 3.90. The Kier molecular flexibility index (Phi) is 5.15. The van der Waals surface area contributed by atoms with Crippen LogP contribution < -0.4 is 5.73 Å². The first-order valence-electron chi connectivity index (χ1n) is 5.46. The molecule has 2 N–H and O–H groups in total. The van der Waals surface area contributed by atoms with Gasteiger partial charge < -0.3 is 5.73 Å². The molecule has 0 heterocycles. The molecule has 1 atom stereocenters. The Morgan fingerprint density at radius 2 is 2.06 bits per heavy atom. The fraction of sp³-hybridized carbons (Fsp3) is 0.385. The molecule has 88 valence electrons. The van der Waals surface area contributed by atoms with Crippen LogP contribution in [0.3, 0.4) is 0 Å². The van der Waals surface area contributed by atoms with Crippen LogP contribution in [-0.4, -0.2) is 25.0 Å². The number of rotatable bonds is 5. The van der Waals surface area contributed by atoms with Crippen molar-refractivity contribution < 1.29 is 4.39 Å². The van der Waals surface area contributed by atoms with Crippen LogP contribution in [0.2, 0.25) is 0 Å². The van der Waals surface area contributed by atoms with E-state index in [-0.39, 0.29) is 11.9 Å². The predicted molar refractivity (Wildman–Crippen MR) is 65.6 cm³/mol. The second kappa shape index (κ2) is 6.40. The summed E-state index contributed by atoms with van der Waals surface area (Å²) in [6, 6.07) is 6.94. The maximum Gasteiger partial charge on any atom is 0.127 e. The molecule has 0 bridgehead atoms. The van der Waals surface area contributed by atoms with Crippen LogP contribution in [0.25, 0.3) is 0 Å². The molecule has 0 saturated heterocycles. The molecule has 0 saturated carbocycles. The first kappa shape index (κ1) is 12.9. The molecule has 1 aromatic carbocycles. The first-order chi connectivity index (χ1) is 7.66. The lowest BCUT2D eigenvalue weighted by Crippen LogP contribution is -2.23. The topological polar surface area (TPSA) is 29.3 Å². The molecule has 0 fully saturated rings. The van der Waals surface area contributed by atoms with Gasteiger partial charge in [-0.25, -0.2) is 4.39 Å². The molecule has 1 aromatic rings. The number of hydrogen-bond donors (Lipinski definition) is 1. The molecular weight excluding hydrogens is 203 g/mol. The molecular formula is C13H19FN2. The molecule has 0 amide bonds. The van der Waals surface area contributed by atoms with E-state index >= 15 is 0 Å². The van der Waals surface area contributed by atoms with Gasteiger partial charge in [0.05, 0.1) is 0 Å². The zero-order valence-corrected chi connectivity index (χ0v) is 9.86. The summed E-state index contributed by atoms with van der Waals surface area (Å²) in [4.78, 5) is 2.07. The van der Waals surface area contributed by atoms with E-state index in [1.54, 1.807) is 6.07 Å². The maximum atomic E-state index is 13.5. The van der Waals surface area contributed by atoms with Crippen LogP contribution >= 0.6 is 0 Å². The summed E-state index contributed by atoms with van der Waals surface area (Å²) >= 11 is 0. The average Bonchev–Trinajstić information content (AvgIpc) is 2.29. The molecule has 0 spiro atoms. The predicted octanol–water partition coefficient (Wildman–Crippen LogP) is 2.33. The third kappa shape index (κ3) is 3.43. The standard InChI is InChI=1S/C13H19FN2/c1-11(16(2)10-6-5-9-15)12-7-3-4-8-13(12)14/h3-8,11H,9-10,15H2,1-2H3. The van der Waals surface area contributed by atoms with E-state index in [1.165, 1.54) is 6.07 Å². The van der Waals surface area contributed by atoms with Crippen molar-refractivity contribution >= 4 is 0 Å². The lowest BCUT2D eigenvalue weighted by atomic mass is 10.1. The molecule has 0 radical (unpaired) electrons. The Bertz CT molecular complexity index is 350. The molecule has 1 unspecified atom stereocenters. The maximum absolute atomic E-state index is 13.5. The zero-order valence-electron chi connectivity index (χ0n) is 9.86. The second-order valence-corrected chi connectivity index (χ2v) is 3.84. The Morgan fingerprint density at radius 3 is 2.69 bits per heavy atom. The largest absolute Gasteiger partial charge is 0.327 e. The van der Waals surface area contributed by atoms with Crippen LogP contribution in [0, 0.1) is 5.82 Å². The highest BCUT2D eigenvalue weighted by Crippen LogP contribution is 2.20. The van der Waals surface area contributed by atoms with E-state index in [4.69, 9.17) is 5.73 Å². The number of nitrogens with two attached hydrogens (primary N) is 1. The highest BCUT2D eigenvalue weighted by atomic mass is 19.1. The van der Waals surface area contributed by atoms with Crippen molar-refractivity contribution in [1.82, 2.24) is 4.90 Å². The van der Waals surface area contributed by atoms with Gasteiger partial charge in [-0.05, 0) is 20.0 Å². The molecule has 1 rings (SSSR count). The highest BCUT2D eigenvalue weighted by molar-refractivity contribution is 5.20. The summed E-state index contributed by atoms with van der Waals surface area (Å²) in [5.41, 5.74) is 6.09. The SMILES string of the molecule is CC(c1ccccc1F)N(C)CC=CCN. The van der Waals surface area contributed by atoms with Gasteiger partial charge in [0.25, 0.3) is 0 Å². The fourth-order valence-corrected chi connectivity index (χ4v) is 1.55. The van der Waals surface area contributed by atoms with E-state index in [9.17, 15) is 4.39 Å². The van der Waals surface area contributed by atoms with Gasteiger partial charge in [-0.3, -0.25) is 4.90 Å². The summed E-state index contributed by atoms with van der Waals surface area (Å²) in [5.74, 6) is -0.148. The van der Waals surface area contributed by atoms with Crippen LogP contribution in [0.5, 0.6) is 0 Å². The Balaban J connectivity index is 2.66. The molecule has 0 aliphatic rings. The van der Waals surface area contributed by atoms with Crippen molar-refractivity contribution in [3.05, 3.63) is 47.8 Å². The average molecular weight is 222 g/mol. The third-order valence-corrected chi connectivity index (χ3v) is 2.71. The number of benzene rings is 1. The molecule has 0 aromatic heterocycles. The quantitative estimate of drug-likeness (QED) is 0.775. The van der Waals surface area contributed by atoms with Crippen molar-refractivity contribution in [2.45, 2.75) is 13.0 Å². The van der Waals surface area contributed by atoms with E-state index < -0.39 is 0 Å². The zero-order chi connectivity index (χ0) is 12.0. The Hall–Kier alpha value is -1.19. The Morgan fingerprint density at radius 1 is 1.38 bits per heavy atom. The minimum atomic E-state index is -0.148. The van der Waals surface area contributed by atoms with Gasteiger partial charge in [0.2, 0.25) is 0 Å². The number of likely N-dealkylation sites (N-methyl/N-ethyl adjacent to an activating group) is 1. The minimum Gasteiger partial charge on any atom is -0.327 e. The number of hydrogen-bond acceptors (Lipinski definition) is 2. The van der Waals surface area contributed by atoms with Gasteiger partial charge in [0.1, 0.15) is 5.82 Å². The van der Waals surface area contributed by atoms with Gasteiger partial charge in [0, 0.05) is 24.7 Å². The van der Waals surface area contributed by atoms with Gasteiger partial charge in [-0.1, -0.05) is 30.4 Å². The highest BCUT2D eigenvalue weighted by Gasteiger charge is 2.13. The van der Waals surface area contributed by atoms with Gasteiger partial charge in [-0.15, -0.1) is 0 Å². The lowest BCUT2D eigenvalue weighted by Gasteiger charge is -2.24. The molecule has 0 aliphatic heterocycles. The normalized spacial score (nSPS) is 13.6. The summed E-state index contributed by atoms with van der Waals surface area (Å²) in [5, 5.41) is 0. The monoisotopic (exact) mass is 222 g/mol. The number of halogens is 1. The molecule has 16 heavy (non-hydrogen) atoms. The lowest BCUT2D eigenvalue weighted by molar-refractivity contribution is 0.283. The van der Waals surface area contributed by atoms with Crippen LogP contribution in [-0.2, 0) is 0 Å². The molecule has 3 heteroatoms. The third-order valence-electron chi connectivity index (χ3n) is 2.71. The van der Waals surface area contributed by atoms with E-state index in [1.807, 2.05) is 38.3 Å². The van der Waals surface area contributed by atoms with Crippen molar-refractivity contribution in [3.8, 4) is 0 Å². The smallest absolute Gasteiger partial charge is 0.127 e. The van der Waals surface area contributed by atoms with Gasteiger partial charge >= 0.3 is 0 Å². The first-order valence-corrected chi connectivity index (χ1v) is 5.46. The van der Waals surface area contributed by atoms with E-state index in [2.05, 4.69) is 4.90 Å². The number of nitrogens with zero attached hydrogens (tertiary/aromatic N) is 1. The van der Waals surface area contributed by atoms with Crippen molar-refractivity contribution in [2.24, 2.45) is 5.73 Å². The van der Waals surface area contributed by atoms with Gasteiger partial charge in [-0.2, -0.15) is 0 Å². The fourth-order valence-electron chi connectivity index (χ4n) is 1.55. The van der Waals surface area contributed by atoms with Crippen molar-refractivity contribution in [1.29, 1.82) is 0 Å². The van der Waals surface area contributed by atoms with Crippen LogP contribution in [0.1, 0.15) is 18.5 Å². The summed E-state index contributed by atoms with van der Waals surface area (Å²) < 4.78 is 13.5. The summed E-state index contributed by atoms with van der Waals surface area (Å²) in [6.45, 7) is 3.31. The Labute approximate surface area is 96.6 Å². The van der Waals surface area contributed by atoms with Crippen molar-refractivity contribution in [3.63, 3.8) is 0 Å². The van der Waals surface area contributed by atoms with E-state index in [0.29, 0.717) is 6.54 Å². The molecule has 2 nitrogen and oxygen atoms in total. The van der Waals surface area contributed by atoms with Gasteiger partial charge in [0.15, 0.2) is 0 Å². The van der Waals surface area contributed by atoms with Crippen LogP contribution in [0.15, 0.2) is 36.4 Å². The minimum absolute atomic E-state index is 0.0589. The van der Waals surface area contributed by atoms with Crippen LogP contribution in [0.4, 0.5) is 4.39 Å². The second-order valence-electron chi connectivity index (χ2n) is 3.84. The summed E-state index contributed by atoms with van der Waals surface area (Å²) in [7, 11) is 1.97. The van der Waals surface area contributed by atoms with Crippen molar-refractivity contribution in [2.75, 3.05) is 20.1 Å². The van der Waals surface area contributed by atoms with E-state index in [0.717, 1.165) is 12.1 Å². The molecule has 0 aliphatic carbocycles.